The molecule has 0 bridgehead atoms. The lowest BCUT2D eigenvalue weighted by Crippen LogP contribution is -2.16. The third kappa shape index (κ3) is 3.33. The van der Waals surface area contributed by atoms with Crippen LogP contribution in [-0.2, 0) is 6.54 Å². The second-order valence-corrected chi connectivity index (χ2v) is 8.33. The Bertz CT molecular complexity index is 1310. The fraction of sp³-hybridized carbons (Fsp3) is 0.143. The number of carbonyl (C=O) groups excluding carboxylic acids is 1. The van der Waals surface area contributed by atoms with Crippen molar-refractivity contribution in [2.24, 2.45) is 4.99 Å². The van der Waals surface area contributed by atoms with Gasteiger partial charge in [0.15, 0.2) is 4.80 Å². The SMILES string of the molecule is C#CCn1c(=NC(=O)c2sc3ccccc3c2Cl)sc2cc(OCC)ccc21. The summed E-state index contributed by atoms with van der Waals surface area (Å²) < 4.78 is 9.34. The van der Waals surface area contributed by atoms with Gasteiger partial charge in [-0.05, 0) is 31.2 Å². The molecule has 2 aromatic heterocycles. The minimum absolute atomic E-state index is 0.320. The first kappa shape index (κ1) is 18.8. The maximum atomic E-state index is 12.9. The van der Waals surface area contributed by atoms with Crippen LogP contribution in [0, 0.1) is 12.3 Å². The molecule has 0 atom stereocenters. The highest BCUT2D eigenvalue weighted by Gasteiger charge is 2.17. The summed E-state index contributed by atoms with van der Waals surface area (Å²) in [6.07, 6.45) is 5.54. The van der Waals surface area contributed by atoms with Crippen molar-refractivity contribution in [3.05, 3.63) is 57.2 Å². The number of hydrogen-bond donors (Lipinski definition) is 0. The highest BCUT2D eigenvalue weighted by atomic mass is 35.5. The molecule has 140 valence electrons. The topological polar surface area (TPSA) is 43.6 Å². The van der Waals surface area contributed by atoms with Crippen LogP contribution >= 0.6 is 34.3 Å². The molecule has 0 saturated heterocycles. The Balaban J connectivity index is 1.85. The van der Waals surface area contributed by atoms with Crippen molar-refractivity contribution in [2.75, 3.05) is 6.61 Å². The zero-order valence-corrected chi connectivity index (χ0v) is 17.3. The number of ether oxygens (including phenoxy) is 1. The number of halogens is 1. The first-order valence-corrected chi connectivity index (χ1v) is 10.6. The van der Waals surface area contributed by atoms with Gasteiger partial charge in [0.2, 0.25) is 0 Å². The zero-order valence-electron chi connectivity index (χ0n) is 14.9. The third-order valence-electron chi connectivity index (χ3n) is 4.14. The van der Waals surface area contributed by atoms with Gasteiger partial charge in [-0.3, -0.25) is 4.79 Å². The van der Waals surface area contributed by atoms with E-state index in [0.29, 0.717) is 27.9 Å². The van der Waals surface area contributed by atoms with Crippen molar-refractivity contribution in [1.82, 2.24) is 4.57 Å². The molecule has 0 unspecified atom stereocenters. The molecule has 1 amide bonds. The number of thiazole rings is 1. The average molecular weight is 427 g/mol. The van der Waals surface area contributed by atoms with E-state index in [9.17, 15) is 4.79 Å². The van der Waals surface area contributed by atoms with Gasteiger partial charge >= 0.3 is 0 Å². The first-order chi connectivity index (χ1) is 13.6. The van der Waals surface area contributed by atoms with Gasteiger partial charge in [0, 0.05) is 10.1 Å². The number of amides is 1. The van der Waals surface area contributed by atoms with Crippen molar-refractivity contribution in [2.45, 2.75) is 13.5 Å². The molecule has 0 aliphatic heterocycles. The van der Waals surface area contributed by atoms with Crippen molar-refractivity contribution >= 4 is 60.5 Å². The molecule has 4 rings (SSSR count). The maximum Gasteiger partial charge on any atom is 0.291 e. The summed E-state index contributed by atoms with van der Waals surface area (Å²) in [6.45, 7) is 2.84. The van der Waals surface area contributed by atoms with E-state index in [0.717, 1.165) is 26.1 Å². The molecule has 4 nitrogen and oxygen atoms in total. The second kappa shape index (κ2) is 7.80. The normalized spacial score (nSPS) is 11.8. The Hall–Kier alpha value is -2.59. The zero-order chi connectivity index (χ0) is 19.7. The molecule has 0 N–H and O–H groups in total. The Morgan fingerprint density at radius 1 is 1.25 bits per heavy atom. The van der Waals surface area contributed by atoms with Crippen LogP contribution < -0.4 is 9.54 Å². The van der Waals surface area contributed by atoms with Gasteiger partial charge in [-0.15, -0.1) is 17.8 Å². The number of rotatable bonds is 4. The van der Waals surface area contributed by atoms with Crippen LogP contribution in [0.2, 0.25) is 5.02 Å². The lowest BCUT2D eigenvalue weighted by atomic mass is 10.2. The summed E-state index contributed by atoms with van der Waals surface area (Å²) >= 11 is 9.18. The van der Waals surface area contributed by atoms with E-state index >= 15 is 0 Å². The van der Waals surface area contributed by atoms with E-state index in [2.05, 4.69) is 10.9 Å². The molecule has 7 heteroatoms. The summed E-state index contributed by atoms with van der Waals surface area (Å²) in [5.74, 6) is 3.04. The summed E-state index contributed by atoms with van der Waals surface area (Å²) in [5.41, 5.74) is 0.917. The van der Waals surface area contributed by atoms with Crippen LogP contribution in [0.1, 0.15) is 16.6 Å². The largest absolute Gasteiger partial charge is 0.494 e. The quantitative estimate of drug-likeness (QED) is 0.413. The third-order valence-corrected chi connectivity index (χ3v) is 6.85. The predicted molar refractivity (Wildman–Crippen MR) is 117 cm³/mol. The maximum absolute atomic E-state index is 12.9. The van der Waals surface area contributed by atoms with Gasteiger partial charge in [0.1, 0.15) is 10.6 Å². The number of aromatic nitrogens is 1. The molecule has 4 aromatic rings. The fourth-order valence-corrected chi connectivity index (χ4v) is 5.38. The number of carbonyl (C=O) groups is 1. The molecule has 0 spiro atoms. The summed E-state index contributed by atoms with van der Waals surface area (Å²) in [5, 5.41) is 1.31. The summed E-state index contributed by atoms with van der Waals surface area (Å²) in [6, 6.07) is 13.4. The molecule has 28 heavy (non-hydrogen) atoms. The predicted octanol–water partition coefficient (Wildman–Crippen LogP) is 5.34. The highest BCUT2D eigenvalue weighted by molar-refractivity contribution is 7.21. The minimum Gasteiger partial charge on any atom is -0.494 e. The molecular formula is C21H15ClN2O2S2. The number of hydrogen-bond acceptors (Lipinski definition) is 4. The number of terminal acetylenes is 1. The molecular weight excluding hydrogens is 412 g/mol. The first-order valence-electron chi connectivity index (χ1n) is 8.58. The van der Waals surface area contributed by atoms with E-state index in [1.165, 1.54) is 22.7 Å². The minimum atomic E-state index is -0.367. The van der Waals surface area contributed by atoms with E-state index < -0.39 is 0 Å². The smallest absolute Gasteiger partial charge is 0.291 e. The summed E-state index contributed by atoms with van der Waals surface area (Å²) in [7, 11) is 0. The van der Waals surface area contributed by atoms with Crippen LogP contribution in [0.15, 0.2) is 47.5 Å². The van der Waals surface area contributed by atoms with Crippen LogP contribution in [-0.4, -0.2) is 17.1 Å². The second-order valence-electron chi connectivity index (χ2n) is 5.90. The van der Waals surface area contributed by atoms with Crippen LogP contribution in [0.3, 0.4) is 0 Å². The Labute approximate surface area is 174 Å². The molecule has 2 heterocycles. The molecule has 0 aliphatic rings. The van der Waals surface area contributed by atoms with Gasteiger partial charge in [-0.1, -0.05) is 47.1 Å². The number of benzene rings is 2. The van der Waals surface area contributed by atoms with Gasteiger partial charge < -0.3 is 9.30 Å². The molecule has 2 aromatic carbocycles. The lowest BCUT2D eigenvalue weighted by molar-refractivity contribution is 0.100. The monoisotopic (exact) mass is 426 g/mol. The van der Waals surface area contributed by atoms with Gasteiger partial charge in [-0.25, -0.2) is 0 Å². The average Bonchev–Trinajstić information content (AvgIpc) is 3.20. The fourth-order valence-electron chi connectivity index (χ4n) is 2.93. The molecule has 0 saturated carbocycles. The van der Waals surface area contributed by atoms with Crippen molar-refractivity contribution < 1.29 is 9.53 Å². The van der Waals surface area contributed by atoms with Crippen molar-refractivity contribution in [3.8, 4) is 18.1 Å². The van der Waals surface area contributed by atoms with Crippen LogP contribution in [0.4, 0.5) is 0 Å². The summed E-state index contributed by atoms with van der Waals surface area (Å²) in [4.78, 5) is 18.2. The van der Waals surface area contributed by atoms with E-state index in [4.69, 9.17) is 22.8 Å². The van der Waals surface area contributed by atoms with E-state index in [1.54, 1.807) is 0 Å². The Morgan fingerprint density at radius 3 is 2.82 bits per heavy atom. The van der Waals surface area contributed by atoms with Gasteiger partial charge in [-0.2, -0.15) is 4.99 Å². The standard InChI is InChI=1S/C21H15ClN2O2S2/c1-3-11-24-15-10-9-13(26-4-2)12-17(15)28-21(24)23-20(25)19-18(22)14-7-5-6-8-16(14)27-19/h1,5-10,12H,4,11H2,2H3. The van der Waals surface area contributed by atoms with E-state index in [-0.39, 0.29) is 5.91 Å². The van der Waals surface area contributed by atoms with E-state index in [1.807, 2.05) is 54.0 Å². The van der Waals surface area contributed by atoms with Gasteiger partial charge in [0.25, 0.3) is 5.91 Å². The number of nitrogens with zero attached hydrogens (tertiary/aromatic N) is 2. The van der Waals surface area contributed by atoms with Gasteiger partial charge in [0.05, 0.1) is 28.4 Å². The number of thiophene rings is 1. The molecule has 0 fully saturated rings. The lowest BCUT2D eigenvalue weighted by Gasteiger charge is -2.03. The van der Waals surface area contributed by atoms with Crippen LogP contribution in [0.5, 0.6) is 5.75 Å². The Kier molecular flexibility index (Phi) is 5.23. The molecule has 0 radical (unpaired) electrons. The van der Waals surface area contributed by atoms with Crippen molar-refractivity contribution in [1.29, 1.82) is 0 Å². The Morgan fingerprint density at radius 2 is 2.07 bits per heavy atom. The number of fused-ring (bicyclic) bond motifs is 2. The highest BCUT2D eigenvalue weighted by Crippen LogP contribution is 2.35. The van der Waals surface area contributed by atoms with Crippen LogP contribution in [0.25, 0.3) is 20.3 Å². The van der Waals surface area contributed by atoms with Crippen molar-refractivity contribution in [3.63, 3.8) is 0 Å². The molecule has 0 aliphatic carbocycles.